The Morgan fingerprint density at radius 2 is 1.39 bits per heavy atom. The lowest BCUT2D eigenvalue weighted by atomic mass is 9.91. The van der Waals surface area contributed by atoms with Gasteiger partial charge in [-0.05, 0) is 6.42 Å². The Balaban J connectivity index is 3.80. The van der Waals surface area contributed by atoms with Crippen molar-refractivity contribution >= 4 is 17.9 Å². The van der Waals surface area contributed by atoms with Crippen molar-refractivity contribution in [2.45, 2.75) is 71.6 Å². The number of esters is 1. The third kappa shape index (κ3) is 10.7. The van der Waals surface area contributed by atoms with Crippen LogP contribution in [0.1, 0.15) is 71.6 Å². The molecule has 2 N–H and O–H groups in total. The van der Waals surface area contributed by atoms with E-state index in [0.29, 0.717) is 0 Å². The molecule has 0 saturated heterocycles. The van der Waals surface area contributed by atoms with Crippen molar-refractivity contribution in [3.8, 4) is 0 Å². The van der Waals surface area contributed by atoms with Crippen LogP contribution >= 0.6 is 0 Å². The molecule has 0 aromatic heterocycles. The third-order valence-electron chi connectivity index (χ3n) is 3.96. The second-order valence-electron chi connectivity index (χ2n) is 5.97. The van der Waals surface area contributed by atoms with Crippen LogP contribution < -0.4 is 0 Å². The third-order valence-corrected chi connectivity index (χ3v) is 3.96. The van der Waals surface area contributed by atoms with E-state index in [4.69, 9.17) is 14.9 Å². The van der Waals surface area contributed by atoms with Crippen molar-refractivity contribution in [3.05, 3.63) is 0 Å². The fourth-order valence-electron chi connectivity index (χ4n) is 2.31. The van der Waals surface area contributed by atoms with Gasteiger partial charge >= 0.3 is 17.9 Å². The molecule has 0 amide bonds. The second kappa shape index (κ2) is 12.9. The number of hydrogen-bond donors (Lipinski definition) is 2. The van der Waals surface area contributed by atoms with Gasteiger partial charge in [0.2, 0.25) is 0 Å². The monoisotopic (exact) mass is 330 g/mol. The molecule has 0 saturated carbocycles. The molecule has 0 radical (unpaired) electrons. The van der Waals surface area contributed by atoms with Gasteiger partial charge in [-0.2, -0.15) is 0 Å². The van der Waals surface area contributed by atoms with Crippen LogP contribution in [-0.4, -0.2) is 34.7 Å². The van der Waals surface area contributed by atoms with E-state index in [1.807, 2.05) is 0 Å². The van der Waals surface area contributed by atoms with E-state index in [1.54, 1.807) is 0 Å². The van der Waals surface area contributed by atoms with Gasteiger partial charge in [0.15, 0.2) is 0 Å². The molecule has 0 fully saturated rings. The molecule has 23 heavy (non-hydrogen) atoms. The summed E-state index contributed by atoms with van der Waals surface area (Å²) in [6, 6.07) is 0. The summed E-state index contributed by atoms with van der Waals surface area (Å²) in [6.45, 7) is 3.73. The zero-order valence-corrected chi connectivity index (χ0v) is 14.3. The highest BCUT2D eigenvalue weighted by molar-refractivity contribution is 5.84. The summed E-state index contributed by atoms with van der Waals surface area (Å²) in [5.74, 6) is -5.53. The Kier molecular flexibility index (Phi) is 12.0. The highest BCUT2D eigenvalue weighted by Crippen LogP contribution is 2.17. The summed E-state index contributed by atoms with van der Waals surface area (Å²) in [7, 11) is 0. The molecule has 0 aromatic carbocycles. The highest BCUT2D eigenvalue weighted by atomic mass is 16.5. The van der Waals surface area contributed by atoms with Crippen LogP contribution in [-0.2, 0) is 19.1 Å². The van der Waals surface area contributed by atoms with Crippen LogP contribution in [0.15, 0.2) is 0 Å². The molecule has 0 spiro atoms. The number of carbonyl (C=O) groups is 3. The average Bonchev–Trinajstić information content (AvgIpc) is 2.49. The molecule has 2 atom stereocenters. The van der Waals surface area contributed by atoms with Crippen molar-refractivity contribution in [1.29, 1.82) is 0 Å². The van der Waals surface area contributed by atoms with Crippen molar-refractivity contribution in [2.24, 2.45) is 11.8 Å². The van der Waals surface area contributed by atoms with E-state index in [-0.39, 0.29) is 6.61 Å². The van der Waals surface area contributed by atoms with Crippen molar-refractivity contribution in [3.63, 3.8) is 0 Å². The average molecular weight is 330 g/mol. The quantitative estimate of drug-likeness (QED) is 0.373. The summed E-state index contributed by atoms with van der Waals surface area (Å²) in [5.41, 5.74) is 0. The number of carboxylic acid groups (broad SMARTS) is 2. The molecule has 0 rings (SSSR count). The van der Waals surface area contributed by atoms with Gasteiger partial charge in [0.1, 0.15) is 0 Å². The molecular formula is C17H30O6. The molecular weight excluding hydrogens is 300 g/mol. The van der Waals surface area contributed by atoms with Gasteiger partial charge in [0.05, 0.1) is 24.9 Å². The van der Waals surface area contributed by atoms with Crippen LogP contribution in [0.25, 0.3) is 0 Å². The molecule has 6 heteroatoms. The lowest BCUT2D eigenvalue weighted by Crippen LogP contribution is -2.30. The summed E-state index contributed by atoms with van der Waals surface area (Å²) in [4.78, 5) is 33.5. The van der Waals surface area contributed by atoms with Crippen LogP contribution in [0, 0.1) is 11.8 Å². The van der Waals surface area contributed by atoms with Gasteiger partial charge in [-0.25, -0.2) is 0 Å². The fraction of sp³-hybridized carbons (Fsp3) is 0.824. The zero-order chi connectivity index (χ0) is 17.7. The molecule has 0 bridgehead atoms. The van der Waals surface area contributed by atoms with Gasteiger partial charge in [-0.15, -0.1) is 0 Å². The Bertz CT molecular complexity index is 366. The van der Waals surface area contributed by atoms with Gasteiger partial charge in [0, 0.05) is 0 Å². The summed E-state index contributed by atoms with van der Waals surface area (Å²) in [6.07, 6.45) is 8.63. The second-order valence-corrected chi connectivity index (χ2v) is 5.97. The van der Waals surface area contributed by atoms with Gasteiger partial charge < -0.3 is 14.9 Å². The molecule has 0 aliphatic carbocycles. The number of ether oxygens (including phenoxy) is 1. The minimum absolute atomic E-state index is 0.265. The number of unbranched alkanes of at least 4 members (excludes halogenated alkanes) is 7. The molecule has 2 unspecified atom stereocenters. The molecule has 0 aromatic rings. The maximum atomic E-state index is 11.6. The first kappa shape index (κ1) is 21.4. The lowest BCUT2D eigenvalue weighted by Gasteiger charge is -2.15. The first-order valence-corrected chi connectivity index (χ1v) is 8.51. The SMILES string of the molecule is CCCCCCCCCCOC(=O)CC(C(=O)O)C(C)C(=O)O. The van der Waals surface area contributed by atoms with E-state index in [2.05, 4.69) is 6.92 Å². The number of rotatable bonds is 14. The van der Waals surface area contributed by atoms with E-state index in [0.717, 1.165) is 19.3 Å². The smallest absolute Gasteiger partial charge is 0.307 e. The Morgan fingerprint density at radius 3 is 1.87 bits per heavy atom. The van der Waals surface area contributed by atoms with Gasteiger partial charge in [-0.3, -0.25) is 14.4 Å². The molecule has 134 valence electrons. The van der Waals surface area contributed by atoms with Crippen LogP contribution in [0.2, 0.25) is 0 Å². The van der Waals surface area contributed by atoms with E-state index >= 15 is 0 Å². The first-order valence-electron chi connectivity index (χ1n) is 8.51. The van der Waals surface area contributed by atoms with Crippen molar-refractivity contribution in [1.82, 2.24) is 0 Å². The first-order chi connectivity index (χ1) is 10.9. The van der Waals surface area contributed by atoms with E-state index < -0.39 is 36.2 Å². The van der Waals surface area contributed by atoms with Crippen molar-refractivity contribution in [2.75, 3.05) is 6.61 Å². The predicted octanol–water partition coefficient (Wildman–Crippen LogP) is 3.48. The highest BCUT2D eigenvalue weighted by Gasteiger charge is 2.32. The predicted molar refractivity (Wildman–Crippen MR) is 86.1 cm³/mol. The number of carbonyl (C=O) groups excluding carboxylic acids is 1. The Hall–Kier alpha value is -1.59. The summed E-state index contributed by atoms with van der Waals surface area (Å²) in [5, 5.41) is 17.8. The minimum atomic E-state index is -1.29. The number of hydrogen-bond acceptors (Lipinski definition) is 4. The van der Waals surface area contributed by atoms with Gasteiger partial charge in [-0.1, -0.05) is 58.8 Å². The molecule has 6 nitrogen and oxygen atoms in total. The lowest BCUT2D eigenvalue weighted by molar-refractivity contribution is -0.158. The molecule has 0 aliphatic heterocycles. The van der Waals surface area contributed by atoms with Crippen LogP contribution in [0.5, 0.6) is 0 Å². The number of aliphatic carboxylic acids is 2. The maximum Gasteiger partial charge on any atom is 0.307 e. The van der Waals surface area contributed by atoms with E-state index in [9.17, 15) is 14.4 Å². The number of carboxylic acids is 2. The zero-order valence-electron chi connectivity index (χ0n) is 14.3. The van der Waals surface area contributed by atoms with Crippen molar-refractivity contribution < 1.29 is 29.3 Å². The standard InChI is InChI=1S/C17H30O6/c1-3-4-5-6-7-8-9-10-11-23-15(18)12-14(17(21)22)13(2)16(19)20/h13-14H,3-12H2,1-2H3,(H,19,20)(H,21,22). The topological polar surface area (TPSA) is 101 Å². The largest absolute Gasteiger partial charge is 0.481 e. The molecule has 0 aliphatic rings. The minimum Gasteiger partial charge on any atom is -0.481 e. The molecule has 0 heterocycles. The Labute approximate surface area is 138 Å². The fourth-order valence-corrected chi connectivity index (χ4v) is 2.31. The maximum absolute atomic E-state index is 11.6. The van der Waals surface area contributed by atoms with Crippen LogP contribution in [0.4, 0.5) is 0 Å². The normalized spacial score (nSPS) is 13.3. The Morgan fingerprint density at radius 1 is 0.870 bits per heavy atom. The van der Waals surface area contributed by atoms with Crippen LogP contribution in [0.3, 0.4) is 0 Å². The van der Waals surface area contributed by atoms with E-state index in [1.165, 1.54) is 39.0 Å². The summed E-state index contributed by atoms with van der Waals surface area (Å²) < 4.78 is 5.00. The summed E-state index contributed by atoms with van der Waals surface area (Å²) >= 11 is 0. The van der Waals surface area contributed by atoms with Gasteiger partial charge in [0.25, 0.3) is 0 Å².